The molecule has 0 saturated carbocycles. The summed E-state index contributed by atoms with van der Waals surface area (Å²) in [6.45, 7) is -0.430. The highest BCUT2D eigenvalue weighted by Gasteiger charge is 2.42. The summed E-state index contributed by atoms with van der Waals surface area (Å²) in [5.74, 6) is 0.0854. The zero-order chi connectivity index (χ0) is 15.4. The molecule has 0 aliphatic carbocycles. The number of carbonyl (C=O) groups is 1. The standard InChI is InChI=1S/C13H18N2O6/c1-20-8-4-2-3-7(5-8)12(19)14-15-13-11(18)10(17)9(6-16)21-13/h2-5,9-11,13,15-18H,6H2,1H3,(H,14,19)/t9-,10+,11-,13+/m0/s1. The van der Waals surface area contributed by atoms with Gasteiger partial charge in [0.2, 0.25) is 0 Å². The third-order valence-corrected chi connectivity index (χ3v) is 3.20. The van der Waals surface area contributed by atoms with Gasteiger partial charge in [-0.2, -0.15) is 0 Å². The highest BCUT2D eigenvalue weighted by Crippen LogP contribution is 2.19. The number of hydrogen-bond acceptors (Lipinski definition) is 7. The molecule has 0 spiro atoms. The molecule has 1 aromatic rings. The summed E-state index contributed by atoms with van der Waals surface area (Å²) in [5.41, 5.74) is 5.20. The van der Waals surface area contributed by atoms with Crippen molar-refractivity contribution in [2.45, 2.75) is 24.5 Å². The predicted molar refractivity (Wildman–Crippen MR) is 71.4 cm³/mol. The van der Waals surface area contributed by atoms with Crippen LogP contribution < -0.4 is 15.6 Å². The van der Waals surface area contributed by atoms with E-state index in [1.165, 1.54) is 7.11 Å². The second-order valence-corrected chi connectivity index (χ2v) is 4.59. The second-order valence-electron chi connectivity index (χ2n) is 4.59. The lowest BCUT2D eigenvalue weighted by molar-refractivity contribution is -0.0375. The number of hydrazine groups is 1. The van der Waals surface area contributed by atoms with Gasteiger partial charge in [0.05, 0.1) is 13.7 Å². The summed E-state index contributed by atoms with van der Waals surface area (Å²) in [5, 5.41) is 28.2. The third kappa shape index (κ3) is 3.49. The van der Waals surface area contributed by atoms with Gasteiger partial charge in [-0.05, 0) is 18.2 Å². The van der Waals surface area contributed by atoms with Gasteiger partial charge in [0.15, 0.2) is 6.23 Å². The Balaban J connectivity index is 1.92. The lowest BCUT2D eigenvalue weighted by Crippen LogP contribution is -2.49. The molecule has 0 aromatic heterocycles. The fourth-order valence-electron chi connectivity index (χ4n) is 1.99. The van der Waals surface area contributed by atoms with Crippen LogP contribution in [-0.2, 0) is 4.74 Å². The summed E-state index contributed by atoms with van der Waals surface area (Å²) < 4.78 is 10.2. The predicted octanol–water partition coefficient (Wildman–Crippen LogP) is -1.63. The Morgan fingerprint density at radius 3 is 2.76 bits per heavy atom. The van der Waals surface area contributed by atoms with Crippen molar-refractivity contribution in [3.05, 3.63) is 29.8 Å². The molecule has 1 aliphatic heterocycles. The maximum Gasteiger partial charge on any atom is 0.265 e. The van der Waals surface area contributed by atoms with Crippen LogP contribution in [0.5, 0.6) is 5.75 Å². The lowest BCUT2D eigenvalue weighted by Gasteiger charge is -2.17. The zero-order valence-electron chi connectivity index (χ0n) is 11.4. The minimum atomic E-state index is -1.26. The van der Waals surface area contributed by atoms with Crippen LogP contribution >= 0.6 is 0 Å². The minimum Gasteiger partial charge on any atom is -0.497 e. The number of methoxy groups -OCH3 is 1. The quantitative estimate of drug-likeness (QED) is 0.414. The van der Waals surface area contributed by atoms with Gasteiger partial charge in [0.25, 0.3) is 5.91 Å². The minimum absolute atomic E-state index is 0.355. The Bertz CT molecular complexity index is 497. The van der Waals surface area contributed by atoms with Crippen molar-refractivity contribution in [1.29, 1.82) is 0 Å². The van der Waals surface area contributed by atoms with E-state index in [9.17, 15) is 15.0 Å². The van der Waals surface area contributed by atoms with Gasteiger partial charge in [0, 0.05) is 5.56 Å². The summed E-state index contributed by atoms with van der Waals surface area (Å²) in [6.07, 6.45) is -4.38. The van der Waals surface area contributed by atoms with Gasteiger partial charge >= 0.3 is 0 Å². The van der Waals surface area contributed by atoms with Gasteiger partial charge < -0.3 is 24.8 Å². The lowest BCUT2D eigenvalue weighted by atomic mass is 10.1. The molecule has 1 saturated heterocycles. The van der Waals surface area contributed by atoms with Crippen LogP contribution in [0.4, 0.5) is 0 Å². The first-order valence-corrected chi connectivity index (χ1v) is 6.39. The molecule has 1 fully saturated rings. The first-order valence-electron chi connectivity index (χ1n) is 6.39. The maximum absolute atomic E-state index is 11.9. The molecule has 0 radical (unpaired) electrons. The molecule has 0 bridgehead atoms. The molecule has 116 valence electrons. The third-order valence-electron chi connectivity index (χ3n) is 3.20. The molecule has 5 N–H and O–H groups in total. The molecule has 2 rings (SSSR count). The highest BCUT2D eigenvalue weighted by molar-refractivity contribution is 5.94. The molecule has 1 aliphatic rings. The van der Waals surface area contributed by atoms with Crippen LogP contribution in [0.15, 0.2) is 24.3 Å². The summed E-state index contributed by atoms with van der Waals surface area (Å²) in [4.78, 5) is 11.9. The number of ether oxygens (including phenoxy) is 2. The van der Waals surface area contributed by atoms with Crippen molar-refractivity contribution < 1.29 is 29.6 Å². The first kappa shape index (κ1) is 15.7. The Kier molecular flexibility index (Phi) is 5.10. The van der Waals surface area contributed by atoms with E-state index in [4.69, 9.17) is 14.6 Å². The number of aliphatic hydroxyl groups is 3. The molecule has 1 aromatic carbocycles. The van der Waals surface area contributed by atoms with E-state index in [-0.39, 0.29) is 0 Å². The molecule has 0 unspecified atom stereocenters. The fourth-order valence-corrected chi connectivity index (χ4v) is 1.99. The summed E-state index contributed by atoms with van der Waals surface area (Å²) >= 11 is 0. The van der Waals surface area contributed by atoms with Crippen LogP contribution in [0, 0.1) is 0 Å². The van der Waals surface area contributed by atoms with Crippen LogP contribution in [0.3, 0.4) is 0 Å². The monoisotopic (exact) mass is 298 g/mol. The van der Waals surface area contributed by atoms with Crippen molar-refractivity contribution in [1.82, 2.24) is 10.9 Å². The van der Waals surface area contributed by atoms with Crippen molar-refractivity contribution in [3.8, 4) is 5.75 Å². The maximum atomic E-state index is 11.9. The van der Waals surface area contributed by atoms with E-state index in [1.54, 1.807) is 24.3 Å². The Morgan fingerprint density at radius 2 is 2.14 bits per heavy atom. The van der Waals surface area contributed by atoms with Gasteiger partial charge in [-0.3, -0.25) is 10.2 Å². The van der Waals surface area contributed by atoms with E-state index in [1.807, 2.05) is 0 Å². The SMILES string of the molecule is COc1cccc(C(=O)NN[C@@H]2O[C@@H](CO)[C@@H](O)[C@@H]2O)c1. The van der Waals surface area contributed by atoms with Gasteiger partial charge in [0.1, 0.15) is 24.1 Å². The molecular weight excluding hydrogens is 280 g/mol. The molecule has 1 heterocycles. The van der Waals surface area contributed by atoms with E-state index >= 15 is 0 Å². The zero-order valence-corrected chi connectivity index (χ0v) is 11.4. The van der Waals surface area contributed by atoms with Crippen molar-refractivity contribution in [2.24, 2.45) is 0 Å². The average molecular weight is 298 g/mol. The van der Waals surface area contributed by atoms with Gasteiger partial charge in [-0.15, -0.1) is 0 Å². The number of amides is 1. The molecule has 8 nitrogen and oxygen atoms in total. The molecular formula is C13H18N2O6. The number of nitrogens with one attached hydrogen (secondary N) is 2. The van der Waals surface area contributed by atoms with E-state index in [2.05, 4.69) is 10.9 Å². The van der Waals surface area contributed by atoms with Crippen molar-refractivity contribution in [2.75, 3.05) is 13.7 Å². The van der Waals surface area contributed by atoms with Crippen molar-refractivity contribution >= 4 is 5.91 Å². The number of hydrogen-bond donors (Lipinski definition) is 5. The Labute approximate surface area is 121 Å². The van der Waals surface area contributed by atoms with Crippen molar-refractivity contribution in [3.63, 3.8) is 0 Å². The first-order chi connectivity index (χ1) is 10.1. The largest absolute Gasteiger partial charge is 0.497 e. The summed E-state index contributed by atoms with van der Waals surface area (Å²) in [6, 6.07) is 6.52. The van der Waals surface area contributed by atoms with Gasteiger partial charge in [-0.1, -0.05) is 6.07 Å². The molecule has 1 amide bonds. The topological polar surface area (TPSA) is 120 Å². The smallest absolute Gasteiger partial charge is 0.265 e. The molecule has 8 heteroatoms. The number of benzene rings is 1. The van der Waals surface area contributed by atoms with E-state index in [0.29, 0.717) is 11.3 Å². The molecule has 21 heavy (non-hydrogen) atoms. The summed E-state index contributed by atoms with van der Waals surface area (Å²) in [7, 11) is 1.49. The van der Waals surface area contributed by atoms with Crippen LogP contribution in [0.1, 0.15) is 10.4 Å². The van der Waals surface area contributed by atoms with Crippen LogP contribution in [0.2, 0.25) is 0 Å². The second kappa shape index (κ2) is 6.83. The van der Waals surface area contributed by atoms with E-state index in [0.717, 1.165) is 0 Å². The molecule has 4 atom stereocenters. The Hall–Kier alpha value is -1.71. The van der Waals surface area contributed by atoms with Crippen LogP contribution in [0.25, 0.3) is 0 Å². The number of carbonyl (C=O) groups excluding carboxylic acids is 1. The van der Waals surface area contributed by atoms with Gasteiger partial charge in [-0.25, -0.2) is 5.43 Å². The fraction of sp³-hybridized carbons (Fsp3) is 0.462. The number of rotatable bonds is 5. The normalized spacial score (nSPS) is 28.4. The average Bonchev–Trinajstić information content (AvgIpc) is 2.80. The number of aliphatic hydroxyl groups excluding tert-OH is 3. The van der Waals surface area contributed by atoms with E-state index < -0.39 is 37.1 Å². The highest BCUT2D eigenvalue weighted by atomic mass is 16.6. The van der Waals surface area contributed by atoms with Crippen LogP contribution in [-0.4, -0.2) is 59.5 Å². The Morgan fingerprint density at radius 1 is 1.38 bits per heavy atom.